The van der Waals surface area contributed by atoms with Crippen molar-refractivity contribution >= 4 is 11.9 Å². The fourth-order valence-corrected chi connectivity index (χ4v) is 0.722. The minimum atomic E-state index is -0.928. The number of hydrogen-bond acceptors (Lipinski definition) is 4. The number of hydrogen-bond donors (Lipinski definition) is 4. The van der Waals surface area contributed by atoms with E-state index in [1.165, 1.54) is 0 Å². The molecule has 0 aliphatic carbocycles. The normalized spacial score (nSPS) is 13.2. The first-order chi connectivity index (χ1) is 7.36. The molecular formula is C10H22N2O4. The van der Waals surface area contributed by atoms with Crippen LogP contribution in [0.5, 0.6) is 0 Å². The van der Waals surface area contributed by atoms with Crippen molar-refractivity contribution in [1.29, 1.82) is 0 Å². The van der Waals surface area contributed by atoms with Crippen LogP contribution in [0.15, 0.2) is 0 Å². The Bertz CT molecular complexity index is 209. The van der Waals surface area contributed by atoms with Gasteiger partial charge in [0.1, 0.15) is 12.1 Å². The van der Waals surface area contributed by atoms with Gasteiger partial charge in [-0.05, 0) is 12.8 Å². The molecule has 0 saturated carbocycles. The first kappa shape index (κ1) is 17.3. The molecule has 6 heteroatoms. The molecule has 0 aromatic rings. The zero-order valence-corrected chi connectivity index (χ0v) is 9.85. The highest BCUT2D eigenvalue weighted by Crippen LogP contribution is 1.96. The van der Waals surface area contributed by atoms with E-state index in [1.807, 2.05) is 6.92 Å². The Hall–Kier alpha value is -1.14. The third-order valence-electron chi connectivity index (χ3n) is 1.94. The Kier molecular flexibility index (Phi) is 11.2. The predicted octanol–water partition coefficient (Wildman–Crippen LogP) is 0.397. The number of unbranched alkanes of at least 4 members (excludes halogenated alkanes) is 1. The van der Waals surface area contributed by atoms with Gasteiger partial charge in [-0.1, -0.05) is 26.7 Å². The van der Waals surface area contributed by atoms with Gasteiger partial charge in [0.25, 0.3) is 0 Å². The van der Waals surface area contributed by atoms with Crippen molar-refractivity contribution in [2.75, 3.05) is 0 Å². The molecule has 2 unspecified atom stereocenters. The van der Waals surface area contributed by atoms with Gasteiger partial charge in [0.05, 0.1) is 0 Å². The highest BCUT2D eigenvalue weighted by Gasteiger charge is 2.08. The third kappa shape index (κ3) is 10.9. The van der Waals surface area contributed by atoms with Gasteiger partial charge in [0, 0.05) is 0 Å². The zero-order valence-electron chi connectivity index (χ0n) is 9.85. The molecule has 2 atom stereocenters. The van der Waals surface area contributed by atoms with Crippen LogP contribution in [0.3, 0.4) is 0 Å². The first-order valence-electron chi connectivity index (χ1n) is 5.33. The zero-order chi connectivity index (χ0) is 13.1. The highest BCUT2D eigenvalue weighted by atomic mass is 16.4. The summed E-state index contributed by atoms with van der Waals surface area (Å²) in [5, 5.41) is 16.3. The lowest BCUT2D eigenvalue weighted by Crippen LogP contribution is -2.29. The fourth-order valence-electron chi connectivity index (χ4n) is 0.722. The van der Waals surface area contributed by atoms with Crippen molar-refractivity contribution in [2.45, 2.75) is 51.6 Å². The number of carboxylic acid groups (broad SMARTS) is 2. The van der Waals surface area contributed by atoms with Crippen molar-refractivity contribution in [3.05, 3.63) is 0 Å². The monoisotopic (exact) mass is 234 g/mol. The van der Waals surface area contributed by atoms with E-state index >= 15 is 0 Å². The first-order valence-corrected chi connectivity index (χ1v) is 5.33. The van der Waals surface area contributed by atoms with Crippen molar-refractivity contribution < 1.29 is 19.8 Å². The Morgan fingerprint density at radius 3 is 1.69 bits per heavy atom. The molecule has 96 valence electrons. The van der Waals surface area contributed by atoms with Crippen LogP contribution < -0.4 is 11.5 Å². The maximum atomic E-state index is 10.1. The van der Waals surface area contributed by atoms with Gasteiger partial charge in [-0.2, -0.15) is 0 Å². The standard InChI is InChI=1S/C6H13NO2.C4H9NO2/c1-2-3-4-5(7)6(8)9;1-2-3(5)4(6)7/h5H,2-4,7H2,1H3,(H,8,9);3H,2,5H2,1H3,(H,6,7). The fraction of sp³-hybridized carbons (Fsp3) is 0.800. The summed E-state index contributed by atoms with van der Waals surface area (Å²) in [4.78, 5) is 19.9. The lowest BCUT2D eigenvalue weighted by atomic mass is 10.1. The second-order valence-corrected chi connectivity index (χ2v) is 3.44. The van der Waals surface area contributed by atoms with E-state index in [-0.39, 0.29) is 0 Å². The van der Waals surface area contributed by atoms with Crippen LogP contribution in [0.25, 0.3) is 0 Å². The van der Waals surface area contributed by atoms with E-state index in [1.54, 1.807) is 6.92 Å². The van der Waals surface area contributed by atoms with Gasteiger partial charge in [0.15, 0.2) is 0 Å². The minimum absolute atomic E-state index is 0.495. The number of aliphatic carboxylic acids is 2. The Morgan fingerprint density at radius 2 is 1.50 bits per heavy atom. The molecule has 6 nitrogen and oxygen atoms in total. The lowest BCUT2D eigenvalue weighted by Gasteiger charge is -2.02. The molecule has 0 aromatic heterocycles. The SMILES string of the molecule is CCC(N)C(=O)O.CCCCC(N)C(=O)O. The van der Waals surface area contributed by atoms with Gasteiger partial charge >= 0.3 is 11.9 Å². The largest absolute Gasteiger partial charge is 0.480 e. The van der Waals surface area contributed by atoms with Crippen molar-refractivity contribution in [1.82, 2.24) is 0 Å². The van der Waals surface area contributed by atoms with Crippen LogP contribution in [0, 0.1) is 0 Å². The van der Waals surface area contributed by atoms with Crippen LogP contribution in [-0.2, 0) is 9.59 Å². The second kappa shape index (κ2) is 10.4. The Balaban J connectivity index is 0. The lowest BCUT2D eigenvalue weighted by molar-refractivity contribution is -0.139. The summed E-state index contributed by atoms with van der Waals surface area (Å²) < 4.78 is 0. The summed E-state index contributed by atoms with van der Waals surface area (Å²) in [6, 6.07) is -1.34. The summed E-state index contributed by atoms with van der Waals surface area (Å²) in [6.45, 7) is 3.74. The average Bonchev–Trinajstić information content (AvgIpc) is 2.25. The van der Waals surface area contributed by atoms with Crippen molar-refractivity contribution in [2.24, 2.45) is 11.5 Å². The van der Waals surface area contributed by atoms with Crippen LogP contribution in [0.1, 0.15) is 39.5 Å². The van der Waals surface area contributed by atoms with Crippen LogP contribution in [-0.4, -0.2) is 34.2 Å². The highest BCUT2D eigenvalue weighted by molar-refractivity contribution is 5.73. The summed E-state index contributed by atoms with van der Waals surface area (Å²) >= 11 is 0. The smallest absolute Gasteiger partial charge is 0.320 e. The third-order valence-corrected chi connectivity index (χ3v) is 1.94. The van der Waals surface area contributed by atoms with Gasteiger partial charge in [-0.15, -0.1) is 0 Å². The molecule has 0 aliphatic rings. The van der Waals surface area contributed by atoms with E-state index < -0.39 is 24.0 Å². The maximum absolute atomic E-state index is 10.1. The summed E-state index contributed by atoms with van der Waals surface area (Å²) in [6.07, 6.45) is 2.98. The molecule has 0 bridgehead atoms. The molecule has 0 saturated heterocycles. The van der Waals surface area contributed by atoms with Gasteiger partial charge in [-0.3, -0.25) is 9.59 Å². The average molecular weight is 234 g/mol. The van der Waals surface area contributed by atoms with Gasteiger partial charge in [-0.25, -0.2) is 0 Å². The molecule has 0 amide bonds. The number of carboxylic acids is 2. The van der Waals surface area contributed by atoms with E-state index in [4.69, 9.17) is 21.7 Å². The van der Waals surface area contributed by atoms with E-state index in [9.17, 15) is 9.59 Å². The van der Waals surface area contributed by atoms with Gasteiger partial charge in [0.2, 0.25) is 0 Å². The minimum Gasteiger partial charge on any atom is -0.480 e. The molecule has 0 spiro atoms. The Labute approximate surface area is 95.6 Å². The number of nitrogens with two attached hydrogens (primary N) is 2. The summed E-state index contributed by atoms with van der Waals surface area (Å²) in [5.41, 5.74) is 10.2. The van der Waals surface area contributed by atoms with Crippen LogP contribution >= 0.6 is 0 Å². The molecule has 0 radical (unpaired) electrons. The van der Waals surface area contributed by atoms with Crippen molar-refractivity contribution in [3.8, 4) is 0 Å². The molecule has 16 heavy (non-hydrogen) atoms. The predicted molar refractivity (Wildman–Crippen MR) is 61.0 cm³/mol. The molecule has 0 aliphatic heterocycles. The molecule has 0 rings (SSSR count). The van der Waals surface area contributed by atoms with E-state index in [0.29, 0.717) is 12.8 Å². The molecule has 0 aromatic carbocycles. The topological polar surface area (TPSA) is 127 Å². The number of carbonyl (C=O) groups is 2. The second-order valence-electron chi connectivity index (χ2n) is 3.44. The quantitative estimate of drug-likeness (QED) is 0.526. The molecule has 0 heterocycles. The molecular weight excluding hydrogens is 212 g/mol. The van der Waals surface area contributed by atoms with E-state index in [0.717, 1.165) is 12.8 Å². The van der Waals surface area contributed by atoms with Crippen LogP contribution in [0.4, 0.5) is 0 Å². The van der Waals surface area contributed by atoms with Crippen molar-refractivity contribution in [3.63, 3.8) is 0 Å². The molecule has 6 N–H and O–H groups in total. The molecule has 0 fully saturated rings. The summed E-state index contributed by atoms with van der Waals surface area (Å²) in [5.74, 6) is -1.83. The Morgan fingerprint density at radius 1 is 1.06 bits per heavy atom. The van der Waals surface area contributed by atoms with E-state index in [2.05, 4.69) is 0 Å². The summed E-state index contributed by atoms with van der Waals surface area (Å²) in [7, 11) is 0. The van der Waals surface area contributed by atoms with Gasteiger partial charge < -0.3 is 21.7 Å². The number of rotatable bonds is 6. The maximum Gasteiger partial charge on any atom is 0.320 e. The van der Waals surface area contributed by atoms with Crippen LogP contribution in [0.2, 0.25) is 0 Å².